The monoisotopic (exact) mass is 342 g/mol. The lowest BCUT2D eigenvalue weighted by Crippen LogP contribution is -2.37. The molecule has 1 fully saturated rings. The normalized spacial score (nSPS) is 16.7. The summed E-state index contributed by atoms with van der Waals surface area (Å²) in [5.74, 6) is 2.22. The van der Waals surface area contributed by atoms with E-state index in [1.54, 1.807) is 0 Å². The highest BCUT2D eigenvalue weighted by molar-refractivity contribution is 5.90. The Morgan fingerprint density at radius 3 is 2.80 bits per heavy atom. The molecule has 0 saturated heterocycles. The first kappa shape index (κ1) is 16.0. The maximum atomic E-state index is 12.8. The number of carbonyl (C=O) groups excluding carboxylic acids is 1. The molecule has 2 aromatic rings. The Labute approximate surface area is 146 Å². The van der Waals surface area contributed by atoms with Gasteiger partial charge >= 0.3 is 0 Å². The molecule has 25 heavy (non-hydrogen) atoms. The van der Waals surface area contributed by atoms with Gasteiger partial charge in [-0.3, -0.25) is 4.79 Å². The van der Waals surface area contributed by atoms with Crippen molar-refractivity contribution in [2.24, 2.45) is 0 Å². The number of rotatable bonds is 6. The molecule has 1 aromatic heterocycles. The predicted octanol–water partition coefficient (Wildman–Crippen LogP) is 3.36. The average molecular weight is 342 g/mol. The van der Waals surface area contributed by atoms with Crippen LogP contribution >= 0.6 is 0 Å². The van der Waals surface area contributed by atoms with Crippen LogP contribution in [0.15, 0.2) is 28.8 Å². The van der Waals surface area contributed by atoms with Gasteiger partial charge in [0.05, 0.1) is 11.1 Å². The zero-order chi connectivity index (χ0) is 17.4. The van der Waals surface area contributed by atoms with Gasteiger partial charge in [-0.25, -0.2) is 0 Å². The second-order valence-corrected chi connectivity index (χ2v) is 6.81. The summed E-state index contributed by atoms with van der Waals surface area (Å²) >= 11 is 0. The van der Waals surface area contributed by atoms with Crippen molar-refractivity contribution in [2.75, 3.05) is 20.4 Å². The lowest BCUT2D eigenvalue weighted by atomic mass is 9.99. The quantitative estimate of drug-likeness (QED) is 0.805. The predicted molar refractivity (Wildman–Crippen MR) is 91.5 cm³/mol. The zero-order valence-corrected chi connectivity index (χ0v) is 14.6. The minimum absolute atomic E-state index is 0.145. The van der Waals surface area contributed by atoms with Gasteiger partial charge in [-0.15, -0.1) is 0 Å². The molecule has 1 amide bonds. The highest BCUT2D eigenvalue weighted by Crippen LogP contribution is 2.50. The third-order valence-corrected chi connectivity index (χ3v) is 5.01. The first-order chi connectivity index (χ1) is 12.1. The molecular weight excluding hydrogens is 320 g/mol. The van der Waals surface area contributed by atoms with Crippen LogP contribution in [0.1, 0.15) is 38.3 Å². The molecule has 132 valence electrons. The van der Waals surface area contributed by atoms with Gasteiger partial charge in [0.2, 0.25) is 12.7 Å². The Morgan fingerprint density at radius 2 is 2.04 bits per heavy atom. The highest BCUT2D eigenvalue weighted by atomic mass is 16.7. The van der Waals surface area contributed by atoms with Crippen molar-refractivity contribution < 1.29 is 18.8 Å². The Bertz CT molecular complexity index is 794. The summed E-state index contributed by atoms with van der Waals surface area (Å²) in [6, 6.07) is 7.53. The van der Waals surface area contributed by atoms with Crippen LogP contribution in [0, 0.1) is 0 Å². The van der Waals surface area contributed by atoms with E-state index in [0.717, 1.165) is 49.2 Å². The molecular formula is C19H22N2O4. The van der Waals surface area contributed by atoms with E-state index in [0.29, 0.717) is 11.5 Å². The molecule has 0 radical (unpaired) electrons. The smallest absolute Gasteiger partial charge is 0.234 e. The van der Waals surface area contributed by atoms with Crippen LogP contribution in [-0.4, -0.2) is 36.3 Å². The topological polar surface area (TPSA) is 64.8 Å². The van der Waals surface area contributed by atoms with Crippen molar-refractivity contribution in [3.63, 3.8) is 0 Å². The fourth-order valence-electron chi connectivity index (χ4n) is 3.25. The zero-order valence-electron chi connectivity index (χ0n) is 14.6. The lowest BCUT2D eigenvalue weighted by Gasteiger charge is -2.21. The Morgan fingerprint density at radius 1 is 1.24 bits per heavy atom. The van der Waals surface area contributed by atoms with Crippen molar-refractivity contribution in [3.8, 4) is 22.8 Å². The number of benzene rings is 1. The number of likely N-dealkylation sites (N-methyl/N-ethyl adjacent to an activating group) is 1. The molecule has 1 aromatic carbocycles. The van der Waals surface area contributed by atoms with E-state index in [4.69, 9.17) is 14.0 Å². The van der Waals surface area contributed by atoms with E-state index in [9.17, 15) is 4.79 Å². The lowest BCUT2D eigenvalue weighted by molar-refractivity contribution is -0.132. The maximum absolute atomic E-state index is 12.8. The van der Waals surface area contributed by atoms with Gasteiger partial charge in [-0.05, 0) is 37.5 Å². The minimum atomic E-state index is -0.499. The van der Waals surface area contributed by atoms with Crippen LogP contribution < -0.4 is 9.47 Å². The van der Waals surface area contributed by atoms with E-state index < -0.39 is 5.41 Å². The summed E-state index contributed by atoms with van der Waals surface area (Å²) in [5.41, 5.74) is 1.10. The molecule has 1 saturated carbocycles. The van der Waals surface area contributed by atoms with Crippen LogP contribution in [0.2, 0.25) is 0 Å². The number of hydrogen-bond donors (Lipinski definition) is 0. The van der Waals surface area contributed by atoms with Gasteiger partial charge in [0.1, 0.15) is 0 Å². The van der Waals surface area contributed by atoms with Crippen LogP contribution in [0.3, 0.4) is 0 Å². The largest absolute Gasteiger partial charge is 0.454 e. The van der Waals surface area contributed by atoms with Gasteiger partial charge in [0.15, 0.2) is 17.3 Å². The van der Waals surface area contributed by atoms with Gasteiger partial charge in [-0.2, -0.15) is 0 Å². The summed E-state index contributed by atoms with van der Waals surface area (Å²) in [4.78, 5) is 14.7. The van der Waals surface area contributed by atoms with Gasteiger partial charge < -0.3 is 18.9 Å². The third-order valence-electron chi connectivity index (χ3n) is 5.01. The summed E-state index contributed by atoms with van der Waals surface area (Å²) in [5, 5.41) is 4.21. The van der Waals surface area contributed by atoms with Crippen LogP contribution in [0.25, 0.3) is 11.3 Å². The van der Waals surface area contributed by atoms with Crippen molar-refractivity contribution in [1.82, 2.24) is 10.1 Å². The van der Waals surface area contributed by atoms with Crippen LogP contribution in [0.5, 0.6) is 11.5 Å². The molecule has 6 heteroatoms. The van der Waals surface area contributed by atoms with Crippen LogP contribution in [0.4, 0.5) is 0 Å². The molecule has 2 heterocycles. The minimum Gasteiger partial charge on any atom is -0.454 e. The molecule has 4 rings (SSSR count). The van der Waals surface area contributed by atoms with E-state index in [-0.39, 0.29) is 12.7 Å². The van der Waals surface area contributed by atoms with E-state index >= 15 is 0 Å². The number of carbonyl (C=O) groups is 1. The number of nitrogens with zero attached hydrogens (tertiary/aromatic N) is 2. The van der Waals surface area contributed by atoms with Crippen LogP contribution in [-0.2, 0) is 10.2 Å². The molecule has 6 nitrogen and oxygen atoms in total. The highest BCUT2D eigenvalue weighted by Gasteiger charge is 2.54. The molecule has 0 N–H and O–H groups in total. The average Bonchev–Trinajstić information content (AvgIpc) is 3.08. The molecule has 0 bridgehead atoms. The molecule has 0 unspecified atom stereocenters. The summed E-state index contributed by atoms with van der Waals surface area (Å²) in [6.45, 7) is 3.15. The molecule has 0 atom stereocenters. The third kappa shape index (κ3) is 2.75. The molecule has 1 aliphatic carbocycles. The van der Waals surface area contributed by atoms with E-state index in [1.165, 1.54) is 0 Å². The molecule has 1 aliphatic heterocycles. The first-order valence-corrected chi connectivity index (χ1v) is 8.77. The fourth-order valence-corrected chi connectivity index (χ4v) is 3.25. The standard InChI is InChI=1S/C19H22N2O4/c1-3-4-9-21(2)18(22)19(7-8-19)17-11-15(25-20-17)13-5-6-14-16(10-13)24-12-23-14/h5-6,10-11H,3-4,7-9,12H2,1-2H3. The number of unbranched alkanes of at least 4 members (excludes halogenated alkanes) is 1. The summed E-state index contributed by atoms with van der Waals surface area (Å²) in [6.07, 6.45) is 3.74. The first-order valence-electron chi connectivity index (χ1n) is 8.77. The second kappa shape index (κ2) is 6.10. The molecule has 0 spiro atoms. The van der Waals surface area contributed by atoms with Crippen molar-refractivity contribution >= 4 is 5.91 Å². The van der Waals surface area contributed by atoms with Gasteiger partial charge in [0.25, 0.3) is 0 Å². The Hall–Kier alpha value is -2.50. The van der Waals surface area contributed by atoms with E-state index in [1.807, 2.05) is 36.2 Å². The summed E-state index contributed by atoms with van der Waals surface area (Å²) in [7, 11) is 1.87. The Balaban J connectivity index is 1.56. The summed E-state index contributed by atoms with van der Waals surface area (Å²) < 4.78 is 16.3. The van der Waals surface area contributed by atoms with Crippen molar-refractivity contribution in [3.05, 3.63) is 30.0 Å². The number of amides is 1. The second-order valence-electron chi connectivity index (χ2n) is 6.81. The SMILES string of the molecule is CCCCN(C)C(=O)C1(c2cc(-c3ccc4c(c3)OCO4)on2)CC1. The van der Waals surface area contributed by atoms with Crippen molar-refractivity contribution in [1.29, 1.82) is 0 Å². The molecule has 2 aliphatic rings. The number of hydrogen-bond acceptors (Lipinski definition) is 5. The fraction of sp³-hybridized carbons (Fsp3) is 0.474. The van der Waals surface area contributed by atoms with Gasteiger partial charge in [0, 0.05) is 25.2 Å². The number of fused-ring (bicyclic) bond motifs is 1. The van der Waals surface area contributed by atoms with E-state index in [2.05, 4.69) is 12.1 Å². The number of aromatic nitrogens is 1. The number of ether oxygens (including phenoxy) is 2. The van der Waals surface area contributed by atoms with Crippen molar-refractivity contribution in [2.45, 2.75) is 38.0 Å². The van der Waals surface area contributed by atoms with Gasteiger partial charge in [-0.1, -0.05) is 18.5 Å². The Kier molecular flexibility index (Phi) is 3.90. The maximum Gasteiger partial charge on any atom is 0.234 e.